The van der Waals surface area contributed by atoms with Crippen molar-refractivity contribution in [2.45, 2.75) is 19.8 Å². The maximum absolute atomic E-state index is 11.6. The first-order valence-corrected chi connectivity index (χ1v) is 6.10. The molecule has 18 heavy (non-hydrogen) atoms. The highest BCUT2D eigenvalue weighted by Crippen LogP contribution is 2.18. The summed E-state index contributed by atoms with van der Waals surface area (Å²) in [4.78, 5) is 11.6. The highest BCUT2D eigenvalue weighted by atomic mass is 35.5. The van der Waals surface area contributed by atoms with E-state index < -0.39 is 5.97 Å². The third-order valence-corrected chi connectivity index (χ3v) is 2.62. The molecule has 0 unspecified atom stereocenters. The predicted molar refractivity (Wildman–Crippen MR) is 70.9 cm³/mol. The van der Waals surface area contributed by atoms with Crippen LogP contribution < -0.4 is 0 Å². The van der Waals surface area contributed by atoms with Gasteiger partial charge in [-0.1, -0.05) is 43.1 Å². The fourth-order valence-electron chi connectivity index (χ4n) is 1.27. The van der Waals surface area contributed by atoms with Gasteiger partial charge < -0.3 is 4.74 Å². The number of carbonyl (C=O) groups excluding carboxylic acids is 1. The molecule has 0 aliphatic rings. The van der Waals surface area contributed by atoms with Gasteiger partial charge in [0.15, 0.2) is 0 Å². The molecule has 0 saturated carbocycles. The quantitative estimate of drug-likeness (QED) is 0.353. The maximum Gasteiger partial charge on any atom is 0.348 e. The third-order valence-electron chi connectivity index (χ3n) is 2.28. The fraction of sp³-hybridized carbons (Fsp3) is 0.286. The summed E-state index contributed by atoms with van der Waals surface area (Å²) in [6.45, 7) is 2.33. The lowest BCUT2D eigenvalue weighted by Gasteiger charge is -2.03. The van der Waals surface area contributed by atoms with Crippen molar-refractivity contribution in [2.24, 2.45) is 0 Å². The molecule has 0 aliphatic heterocycles. The summed E-state index contributed by atoms with van der Waals surface area (Å²) in [6.07, 6.45) is 3.16. The number of benzene rings is 1. The number of hydrogen-bond acceptors (Lipinski definition) is 3. The lowest BCUT2D eigenvalue weighted by molar-refractivity contribution is -0.138. The van der Waals surface area contributed by atoms with Crippen LogP contribution in [0.25, 0.3) is 6.08 Å². The Kier molecular flexibility index (Phi) is 5.96. The molecule has 1 rings (SSSR count). The SMILES string of the molecule is CCCCOC(=O)/C(C#N)=C\c1ccccc1Cl. The van der Waals surface area contributed by atoms with E-state index in [2.05, 4.69) is 0 Å². The van der Waals surface area contributed by atoms with Crippen LogP contribution >= 0.6 is 11.6 Å². The van der Waals surface area contributed by atoms with Crippen LogP contribution in [0.1, 0.15) is 25.3 Å². The Balaban J connectivity index is 2.81. The van der Waals surface area contributed by atoms with Crippen LogP contribution in [0.15, 0.2) is 29.8 Å². The van der Waals surface area contributed by atoms with Crippen molar-refractivity contribution in [3.63, 3.8) is 0 Å². The molecule has 0 radical (unpaired) electrons. The molecule has 0 saturated heterocycles. The first-order chi connectivity index (χ1) is 8.69. The van der Waals surface area contributed by atoms with Crippen molar-refractivity contribution in [1.29, 1.82) is 5.26 Å². The van der Waals surface area contributed by atoms with Crippen molar-refractivity contribution in [1.82, 2.24) is 0 Å². The Morgan fingerprint density at radius 3 is 2.83 bits per heavy atom. The normalized spacial score (nSPS) is 10.8. The highest BCUT2D eigenvalue weighted by Gasteiger charge is 2.11. The van der Waals surface area contributed by atoms with Crippen LogP contribution in [0, 0.1) is 11.3 Å². The summed E-state index contributed by atoms with van der Waals surface area (Å²) in [6, 6.07) is 8.84. The lowest BCUT2D eigenvalue weighted by Crippen LogP contribution is -2.07. The van der Waals surface area contributed by atoms with Gasteiger partial charge in [0, 0.05) is 5.02 Å². The van der Waals surface area contributed by atoms with Crippen molar-refractivity contribution >= 4 is 23.6 Å². The van der Waals surface area contributed by atoms with Gasteiger partial charge in [-0.05, 0) is 24.1 Å². The fourth-order valence-corrected chi connectivity index (χ4v) is 1.46. The number of esters is 1. The largest absolute Gasteiger partial charge is 0.462 e. The van der Waals surface area contributed by atoms with E-state index in [1.54, 1.807) is 24.3 Å². The zero-order valence-electron chi connectivity index (χ0n) is 10.1. The van der Waals surface area contributed by atoms with E-state index in [-0.39, 0.29) is 5.57 Å². The monoisotopic (exact) mass is 263 g/mol. The van der Waals surface area contributed by atoms with E-state index in [1.165, 1.54) is 6.08 Å². The first kappa shape index (κ1) is 14.3. The molecular formula is C14H14ClNO2. The van der Waals surface area contributed by atoms with Gasteiger partial charge in [-0.2, -0.15) is 5.26 Å². The van der Waals surface area contributed by atoms with E-state index in [9.17, 15) is 4.79 Å². The number of carbonyl (C=O) groups is 1. The molecule has 0 atom stereocenters. The second-order valence-electron chi connectivity index (χ2n) is 3.68. The molecular weight excluding hydrogens is 250 g/mol. The number of unbranched alkanes of at least 4 members (excludes halogenated alkanes) is 1. The molecule has 0 fully saturated rings. The highest BCUT2D eigenvalue weighted by molar-refractivity contribution is 6.32. The van der Waals surface area contributed by atoms with E-state index in [0.717, 1.165) is 12.8 Å². The van der Waals surface area contributed by atoms with E-state index in [4.69, 9.17) is 21.6 Å². The standard InChI is InChI=1S/C14H14ClNO2/c1-2-3-8-18-14(17)12(10-16)9-11-6-4-5-7-13(11)15/h4-7,9H,2-3,8H2,1H3/b12-9-. The zero-order valence-corrected chi connectivity index (χ0v) is 10.9. The average Bonchev–Trinajstić information content (AvgIpc) is 2.38. The number of nitriles is 1. The molecule has 1 aromatic rings. The van der Waals surface area contributed by atoms with Crippen LogP contribution in [-0.2, 0) is 9.53 Å². The molecule has 0 amide bonds. The molecule has 0 aliphatic carbocycles. The number of nitrogens with zero attached hydrogens (tertiary/aromatic N) is 1. The van der Waals surface area contributed by atoms with Crippen LogP contribution in [0.5, 0.6) is 0 Å². The minimum atomic E-state index is -0.606. The smallest absolute Gasteiger partial charge is 0.348 e. The van der Waals surface area contributed by atoms with Crippen molar-refractivity contribution in [3.8, 4) is 6.07 Å². The summed E-state index contributed by atoms with van der Waals surface area (Å²) < 4.78 is 4.97. The van der Waals surface area contributed by atoms with Crippen molar-refractivity contribution in [3.05, 3.63) is 40.4 Å². The molecule has 0 N–H and O–H groups in total. The van der Waals surface area contributed by atoms with Crippen molar-refractivity contribution in [2.75, 3.05) is 6.61 Å². The maximum atomic E-state index is 11.6. The van der Waals surface area contributed by atoms with Crippen molar-refractivity contribution < 1.29 is 9.53 Å². The second kappa shape index (κ2) is 7.52. The average molecular weight is 264 g/mol. The van der Waals surface area contributed by atoms with Gasteiger partial charge in [0.05, 0.1) is 6.61 Å². The number of hydrogen-bond donors (Lipinski definition) is 0. The summed E-state index contributed by atoms with van der Waals surface area (Å²) in [5.41, 5.74) is 0.586. The first-order valence-electron chi connectivity index (χ1n) is 5.72. The summed E-state index contributed by atoms with van der Waals surface area (Å²) in [5.74, 6) is -0.606. The minimum absolute atomic E-state index is 0.0424. The third kappa shape index (κ3) is 4.23. The van der Waals surface area contributed by atoms with Gasteiger partial charge in [-0.15, -0.1) is 0 Å². The molecule has 0 aromatic heterocycles. The van der Waals surface area contributed by atoms with Gasteiger partial charge in [-0.25, -0.2) is 4.79 Å². The lowest BCUT2D eigenvalue weighted by atomic mass is 10.1. The molecule has 0 heterocycles. The molecule has 94 valence electrons. The Labute approximate surface area is 112 Å². The van der Waals surface area contributed by atoms with Gasteiger partial charge in [0.2, 0.25) is 0 Å². The zero-order chi connectivity index (χ0) is 13.4. The van der Waals surface area contributed by atoms with E-state index in [1.807, 2.05) is 13.0 Å². The Morgan fingerprint density at radius 2 is 2.22 bits per heavy atom. The molecule has 4 heteroatoms. The molecule has 3 nitrogen and oxygen atoms in total. The molecule has 0 bridgehead atoms. The topological polar surface area (TPSA) is 50.1 Å². The molecule has 0 spiro atoms. The minimum Gasteiger partial charge on any atom is -0.462 e. The Morgan fingerprint density at radius 1 is 1.50 bits per heavy atom. The summed E-state index contributed by atoms with van der Waals surface area (Å²) in [7, 11) is 0. The van der Waals surface area contributed by atoms with Gasteiger partial charge in [0.1, 0.15) is 11.6 Å². The number of rotatable bonds is 5. The number of halogens is 1. The van der Waals surface area contributed by atoms with Gasteiger partial charge in [0.25, 0.3) is 0 Å². The van der Waals surface area contributed by atoms with Gasteiger partial charge >= 0.3 is 5.97 Å². The Hall–Kier alpha value is -1.79. The van der Waals surface area contributed by atoms with Crippen LogP contribution in [0.4, 0.5) is 0 Å². The summed E-state index contributed by atoms with van der Waals surface area (Å²) >= 11 is 5.95. The number of ether oxygens (including phenoxy) is 1. The van der Waals surface area contributed by atoms with E-state index in [0.29, 0.717) is 17.2 Å². The predicted octanol–water partition coefficient (Wildman–Crippen LogP) is 3.59. The van der Waals surface area contributed by atoms with Crippen LogP contribution in [-0.4, -0.2) is 12.6 Å². The summed E-state index contributed by atoms with van der Waals surface area (Å²) in [5, 5.41) is 9.44. The Bertz CT molecular complexity index is 489. The van der Waals surface area contributed by atoms with Crippen LogP contribution in [0.2, 0.25) is 5.02 Å². The van der Waals surface area contributed by atoms with Crippen LogP contribution in [0.3, 0.4) is 0 Å². The second-order valence-corrected chi connectivity index (χ2v) is 4.09. The molecule has 1 aromatic carbocycles. The van der Waals surface area contributed by atoms with E-state index >= 15 is 0 Å². The van der Waals surface area contributed by atoms with Gasteiger partial charge in [-0.3, -0.25) is 0 Å².